The van der Waals surface area contributed by atoms with Crippen molar-refractivity contribution >= 4 is 11.6 Å². The average Bonchev–Trinajstić information content (AvgIpc) is 2.89. The molecular formula is C30H23ClN2O. The molecule has 5 rings (SSSR count). The van der Waals surface area contributed by atoms with Gasteiger partial charge in [0.25, 0.3) is 0 Å². The molecule has 4 heteroatoms. The number of nitrogens with zero attached hydrogens (tertiary/aromatic N) is 2. The van der Waals surface area contributed by atoms with Gasteiger partial charge in [0.2, 0.25) is 0 Å². The number of methoxy groups -OCH3 is 1. The smallest absolute Gasteiger partial charge is 0.118 e. The first kappa shape index (κ1) is 21.9. The van der Waals surface area contributed by atoms with Crippen molar-refractivity contribution in [3.8, 4) is 50.6 Å². The molecule has 0 aliphatic rings. The molecule has 0 saturated heterocycles. The van der Waals surface area contributed by atoms with Gasteiger partial charge in [-0.25, -0.2) is 4.98 Å². The van der Waals surface area contributed by atoms with Crippen molar-refractivity contribution in [3.63, 3.8) is 0 Å². The van der Waals surface area contributed by atoms with E-state index >= 15 is 0 Å². The van der Waals surface area contributed by atoms with E-state index in [2.05, 4.69) is 37.3 Å². The van der Waals surface area contributed by atoms with Gasteiger partial charge in [-0.05, 0) is 72.6 Å². The van der Waals surface area contributed by atoms with Gasteiger partial charge in [-0.3, -0.25) is 4.98 Å². The molecule has 2 aromatic heterocycles. The van der Waals surface area contributed by atoms with Gasteiger partial charge in [0.1, 0.15) is 5.75 Å². The minimum atomic E-state index is 0.700. The van der Waals surface area contributed by atoms with Gasteiger partial charge >= 0.3 is 0 Å². The zero-order chi connectivity index (χ0) is 23.5. The third kappa shape index (κ3) is 4.43. The van der Waals surface area contributed by atoms with E-state index in [0.717, 1.165) is 50.6 Å². The van der Waals surface area contributed by atoms with Crippen molar-refractivity contribution < 1.29 is 4.74 Å². The third-order valence-electron chi connectivity index (χ3n) is 5.81. The summed E-state index contributed by atoms with van der Waals surface area (Å²) in [5.41, 5.74) is 8.98. The van der Waals surface area contributed by atoms with Crippen LogP contribution in [-0.4, -0.2) is 17.1 Å². The van der Waals surface area contributed by atoms with Crippen molar-refractivity contribution in [1.82, 2.24) is 9.97 Å². The molecule has 166 valence electrons. The number of hydrogen-bond donors (Lipinski definition) is 0. The Morgan fingerprint density at radius 1 is 0.706 bits per heavy atom. The fourth-order valence-corrected chi connectivity index (χ4v) is 4.13. The van der Waals surface area contributed by atoms with Gasteiger partial charge in [-0.15, -0.1) is 0 Å². The molecule has 0 atom stereocenters. The largest absolute Gasteiger partial charge is 0.497 e. The van der Waals surface area contributed by atoms with Crippen LogP contribution in [0.3, 0.4) is 0 Å². The van der Waals surface area contributed by atoms with Crippen LogP contribution in [0.15, 0.2) is 103 Å². The molecule has 0 bridgehead atoms. The van der Waals surface area contributed by atoms with Gasteiger partial charge < -0.3 is 4.74 Å². The molecule has 0 amide bonds. The standard InChI is InChI=1S/C30H23ClN2O/c1-20-6-8-23(9-7-20)30-29(27-5-3-4-18-32-27)26(21-10-14-24(31)15-11-21)19-28(33-30)22-12-16-25(34-2)17-13-22/h3-19H,1-2H3. The van der Waals surface area contributed by atoms with E-state index in [-0.39, 0.29) is 0 Å². The lowest BCUT2D eigenvalue weighted by molar-refractivity contribution is 0.415. The second-order valence-electron chi connectivity index (χ2n) is 8.10. The van der Waals surface area contributed by atoms with Gasteiger partial charge in [0, 0.05) is 27.9 Å². The SMILES string of the molecule is COc1ccc(-c2cc(-c3ccc(Cl)cc3)c(-c3ccccn3)c(-c3ccc(C)cc3)n2)cc1. The van der Waals surface area contributed by atoms with Crippen molar-refractivity contribution in [2.24, 2.45) is 0 Å². The fourth-order valence-electron chi connectivity index (χ4n) is 4.00. The summed E-state index contributed by atoms with van der Waals surface area (Å²) in [6.45, 7) is 2.09. The summed E-state index contributed by atoms with van der Waals surface area (Å²) < 4.78 is 5.35. The Balaban J connectivity index is 1.83. The Kier molecular flexibility index (Phi) is 6.11. The second-order valence-corrected chi connectivity index (χ2v) is 8.53. The molecule has 5 aromatic rings. The summed E-state index contributed by atoms with van der Waals surface area (Å²) >= 11 is 6.22. The van der Waals surface area contributed by atoms with E-state index in [4.69, 9.17) is 26.3 Å². The first-order chi connectivity index (χ1) is 16.6. The van der Waals surface area contributed by atoms with Gasteiger partial charge in [-0.2, -0.15) is 0 Å². The first-order valence-electron chi connectivity index (χ1n) is 11.1. The Morgan fingerprint density at radius 2 is 1.38 bits per heavy atom. The maximum Gasteiger partial charge on any atom is 0.118 e. The number of pyridine rings is 2. The quantitative estimate of drug-likeness (QED) is 0.264. The molecule has 3 aromatic carbocycles. The summed E-state index contributed by atoms with van der Waals surface area (Å²) in [4.78, 5) is 9.87. The highest BCUT2D eigenvalue weighted by Gasteiger charge is 2.19. The lowest BCUT2D eigenvalue weighted by Crippen LogP contribution is -1.98. The maximum absolute atomic E-state index is 6.22. The number of halogens is 1. The number of hydrogen-bond acceptors (Lipinski definition) is 3. The molecule has 2 heterocycles. The molecule has 3 nitrogen and oxygen atoms in total. The minimum absolute atomic E-state index is 0.700. The second kappa shape index (κ2) is 9.50. The van der Waals surface area contributed by atoms with E-state index < -0.39 is 0 Å². The summed E-state index contributed by atoms with van der Waals surface area (Å²) in [7, 11) is 1.67. The normalized spacial score (nSPS) is 10.8. The highest BCUT2D eigenvalue weighted by atomic mass is 35.5. The van der Waals surface area contributed by atoms with Crippen LogP contribution in [0.5, 0.6) is 5.75 Å². The first-order valence-corrected chi connectivity index (χ1v) is 11.4. The Labute approximate surface area is 204 Å². The minimum Gasteiger partial charge on any atom is -0.497 e. The molecule has 0 radical (unpaired) electrons. The number of aromatic nitrogens is 2. The zero-order valence-electron chi connectivity index (χ0n) is 19.0. The summed E-state index contributed by atoms with van der Waals surface area (Å²) in [6.07, 6.45) is 1.82. The van der Waals surface area contributed by atoms with E-state index in [1.54, 1.807) is 7.11 Å². The summed E-state index contributed by atoms with van der Waals surface area (Å²) in [6, 6.07) is 32.4. The van der Waals surface area contributed by atoms with Gasteiger partial charge in [-0.1, -0.05) is 59.6 Å². The molecule has 34 heavy (non-hydrogen) atoms. The number of aryl methyl sites for hydroxylation is 1. The molecular weight excluding hydrogens is 440 g/mol. The highest BCUT2D eigenvalue weighted by molar-refractivity contribution is 6.30. The van der Waals surface area contributed by atoms with Gasteiger partial charge in [0.15, 0.2) is 0 Å². The third-order valence-corrected chi connectivity index (χ3v) is 6.06. The van der Waals surface area contributed by atoms with Crippen LogP contribution in [0.2, 0.25) is 5.02 Å². The Hall–Kier alpha value is -3.95. The molecule has 0 unspecified atom stereocenters. The predicted octanol–water partition coefficient (Wildman–Crippen LogP) is 8.12. The zero-order valence-corrected chi connectivity index (χ0v) is 19.8. The van der Waals surface area contributed by atoms with E-state index in [1.807, 2.05) is 72.9 Å². The molecule has 0 spiro atoms. The molecule has 0 saturated carbocycles. The molecule has 0 aliphatic heterocycles. The van der Waals surface area contributed by atoms with Crippen molar-refractivity contribution in [2.45, 2.75) is 6.92 Å². The Bertz CT molecular complexity index is 1350. The monoisotopic (exact) mass is 462 g/mol. The van der Waals surface area contributed by atoms with Crippen LogP contribution in [0.4, 0.5) is 0 Å². The maximum atomic E-state index is 6.22. The van der Waals surface area contributed by atoms with Crippen molar-refractivity contribution in [2.75, 3.05) is 7.11 Å². The van der Waals surface area contributed by atoms with E-state index in [9.17, 15) is 0 Å². The summed E-state index contributed by atoms with van der Waals surface area (Å²) in [5.74, 6) is 0.811. The van der Waals surface area contributed by atoms with Crippen LogP contribution in [0.25, 0.3) is 44.9 Å². The van der Waals surface area contributed by atoms with Crippen LogP contribution in [-0.2, 0) is 0 Å². The van der Waals surface area contributed by atoms with Crippen LogP contribution in [0.1, 0.15) is 5.56 Å². The van der Waals surface area contributed by atoms with Crippen LogP contribution < -0.4 is 4.74 Å². The molecule has 0 fully saturated rings. The number of benzene rings is 3. The fraction of sp³-hybridized carbons (Fsp3) is 0.0667. The van der Waals surface area contributed by atoms with Crippen LogP contribution in [0, 0.1) is 6.92 Å². The van der Waals surface area contributed by atoms with E-state index in [1.165, 1.54) is 5.56 Å². The van der Waals surface area contributed by atoms with Crippen molar-refractivity contribution in [1.29, 1.82) is 0 Å². The van der Waals surface area contributed by atoms with Crippen molar-refractivity contribution in [3.05, 3.63) is 114 Å². The highest BCUT2D eigenvalue weighted by Crippen LogP contribution is 2.41. The number of rotatable bonds is 5. The molecule has 0 aliphatic carbocycles. The van der Waals surface area contributed by atoms with Crippen LogP contribution >= 0.6 is 11.6 Å². The van der Waals surface area contributed by atoms with E-state index in [0.29, 0.717) is 5.02 Å². The average molecular weight is 463 g/mol. The summed E-state index contributed by atoms with van der Waals surface area (Å²) in [5, 5.41) is 0.700. The molecule has 0 N–H and O–H groups in total. The Morgan fingerprint density at radius 3 is 2.03 bits per heavy atom. The predicted molar refractivity (Wildman–Crippen MR) is 140 cm³/mol. The topological polar surface area (TPSA) is 35.0 Å². The lowest BCUT2D eigenvalue weighted by Gasteiger charge is -2.17. The lowest BCUT2D eigenvalue weighted by atomic mass is 9.91. The number of ether oxygens (including phenoxy) is 1. The van der Waals surface area contributed by atoms with Gasteiger partial charge in [0.05, 0.1) is 24.2 Å².